The summed E-state index contributed by atoms with van der Waals surface area (Å²) in [5.41, 5.74) is 0. The summed E-state index contributed by atoms with van der Waals surface area (Å²) in [5.74, 6) is 1.45. The summed E-state index contributed by atoms with van der Waals surface area (Å²) in [7, 11) is 0. The zero-order valence-corrected chi connectivity index (χ0v) is 6.27. The summed E-state index contributed by atoms with van der Waals surface area (Å²) in [6.07, 6.45) is 3.72. The normalized spacial score (nSPS) is 23.2. The predicted molar refractivity (Wildman–Crippen MR) is 38.9 cm³/mol. The first-order valence-corrected chi connectivity index (χ1v) is 3.87. The van der Waals surface area contributed by atoms with E-state index in [1.807, 2.05) is 4.57 Å². The fourth-order valence-electron chi connectivity index (χ4n) is 1.48. The molecule has 4 nitrogen and oxygen atoms in total. The van der Waals surface area contributed by atoms with Crippen molar-refractivity contribution in [3.8, 4) is 0 Å². The molecule has 1 atom stereocenters. The maximum Gasteiger partial charge on any atom is 0.132 e. The van der Waals surface area contributed by atoms with E-state index in [4.69, 9.17) is 5.11 Å². The lowest BCUT2D eigenvalue weighted by atomic mass is 10.0. The van der Waals surface area contributed by atoms with Crippen LogP contribution in [0.5, 0.6) is 0 Å². The highest BCUT2D eigenvalue weighted by Crippen LogP contribution is 2.16. The molecule has 4 heteroatoms. The van der Waals surface area contributed by atoms with Gasteiger partial charge in [-0.05, 0) is 6.42 Å². The Balaban J connectivity index is 2.18. The van der Waals surface area contributed by atoms with Gasteiger partial charge in [0.1, 0.15) is 12.2 Å². The van der Waals surface area contributed by atoms with Gasteiger partial charge in [-0.15, -0.1) is 10.2 Å². The molecule has 1 aromatic rings. The fraction of sp³-hybridized carbons (Fsp3) is 0.714. The Hall–Kier alpha value is -0.900. The van der Waals surface area contributed by atoms with Crippen molar-refractivity contribution in [1.82, 2.24) is 14.8 Å². The van der Waals surface area contributed by atoms with Gasteiger partial charge in [-0.2, -0.15) is 0 Å². The average Bonchev–Trinajstić information content (AvgIpc) is 2.50. The molecule has 1 aromatic heterocycles. The Morgan fingerprint density at radius 1 is 1.73 bits per heavy atom. The molecule has 0 spiro atoms. The molecule has 60 valence electrons. The van der Waals surface area contributed by atoms with Crippen LogP contribution < -0.4 is 0 Å². The number of aliphatic hydroxyl groups excluding tert-OH is 1. The van der Waals surface area contributed by atoms with Crippen LogP contribution in [0.25, 0.3) is 0 Å². The Morgan fingerprint density at radius 3 is 3.45 bits per heavy atom. The van der Waals surface area contributed by atoms with Crippen LogP contribution in [0.15, 0.2) is 6.33 Å². The summed E-state index contributed by atoms with van der Waals surface area (Å²) >= 11 is 0. The third-order valence-electron chi connectivity index (χ3n) is 2.19. The van der Waals surface area contributed by atoms with Crippen LogP contribution in [0.1, 0.15) is 12.2 Å². The SMILES string of the molecule is OCC1CCc2nncn2C1. The predicted octanol–water partition coefficient (Wildman–Crippen LogP) is -0.167. The molecule has 1 aliphatic heterocycles. The zero-order valence-electron chi connectivity index (χ0n) is 6.27. The minimum Gasteiger partial charge on any atom is -0.396 e. The van der Waals surface area contributed by atoms with Crippen molar-refractivity contribution in [2.45, 2.75) is 19.4 Å². The molecule has 0 aliphatic carbocycles. The van der Waals surface area contributed by atoms with Gasteiger partial charge < -0.3 is 9.67 Å². The van der Waals surface area contributed by atoms with Gasteiger partial charge in [0.2, 0.25) is 0 Å². The average molecular weight is 153 g/mol. The van der Waals surface area contributed by atoms with Crippen molar-refractivity contribution < 1.29 is 5.11 Å². The second-order valence-corrected chi connectivity index (χ2v) is 2.99. The first kappa shape index (κ1) is 6.79. The number of nitrogens with zero attached hydrogens (tertiary/aromatic N) is 3. The Bertz CT molecular complexity index is 246. The smallest absolute Gasteiger partial charge is 0.132 e. The monoisotopic (exact) mass is 153 g/mol. The quantitative estimate of drug-likeness (QED) is 0.609. The van der Waals surface area contributed by atoms with Gasteiger partial charge >= 0.3 is 0 Å². The molecule has 0 saturated carbocycles. The first-order chi connectivity index (χ1) is 5.40. The highest BCUT2D eigenvalue weighted by molar-refractivity contribution is 4.91. The highest BCUT2D eigenvalue weighted by atomic mass is 16.3. The molecule has 1 N–H and O–H groups in total. The van der Waals surface area contributed by atoms with Crippen LogP contribution in [0.3, 0.4) is 0 Å². The van der Waals surface area contributed by atoms with Gasteiger partial charge in [-0.3, -0.25) is 0 Å². The molecule has 2 rings (SSSR count). The van der Waals surface area contributed by atoms with Crippen LogP contribution in [-0.2, 0) is 13.0 Å². The van der Waals surface area contributed by atoms with Gasteiger partial charge in [-0.25, -0.2) is 0 Å². The van der Waals surface area contributed by atoms with Crippen molar-refractivity contribution >= 4 is 0 Å². The number of aryl methyl sites for hydroxylation is 1. The van der Waals surface area contributed by atoms with E-state index in [1.54, 1.807) is 6.33 Å². The van der Waals surface area contributed by atoms with E-state index in [1.165, 1.54) is 0 Å². The number of aromatic nitrogens is 3. The van der Waals surface area contributed by atoms with Gasteiger partial charge in [0, 0.05) is 25.5 Å². The minimum absolute atomic E-state index is 0.275. The van der Waals surface area contributed by atoms with Crippen molar-refractivity contribution in [1.29, 1.82) is 0 Å². The Kier molecular flexibility index (Phi) is 1.62. The standard InChI is InChI=1S/C7H11N3O/c11-4-6-1-2-7-9-8-5-10(7)3-6/h5-6,11H,1-4H2. The summed E-state index contributed by atoms with van der Waals surface area (Å²) < 4.78 is 2.02. The molecular weight excluding hydrogens is 142 g/mol. The summed E-state index contributed by atoms with van der Waals surface area (Å²) in [5, 5.41) is 16.7. The molecule has 0 bridgehead atoms. The van der Waals surface area contributed by atoms with E-state index in [2.05, 4.69) is 10.2 Å². The molecule has 1 aliphatic rings. The Labute approximate surface area is 64.9 Å². The fourth-order valence-corrected chi connectivity index (χ4v) is 1.48. The van der Waals surface area contributed by atoms with Crippen molar-refractivity contribution in [3.05, 3.63) is 12.2 Å². The molecule has 11 heavy (non-hydrogen) atoms. The highest BCUT2D eigenvalue weighted by Gasteiger charge is 2.17. The molecule has 1 unspecified atom stereocenters. The minimum atomic E-state index is 0.275. The second kappa shape index (κ2) is 2.62. The van der Waals surface area contributed by atoms with E-state index >= 15 is 0 Å². The molecule has 0 amide bonds. The lowest BCUT2D eigenvalue weighted by Gasteiger charge is -2.20. The number of rotatable bonds is 1. The number of aliphatic hydroxyl groups is 1. The second-order valence-electron chi connectivity index (χ2n) is 2.99. The van der Waals surface area contributed by atoms with E-state index in [9.17, 15) is 0 Å². The van der Waals surface area contributed by atoms with Crippen LogP contribution in [0.2, 0.25) is 0 Å². The van der Waals surface area contributed by atoms with E-state index < -0.39 is 0 Å². The number of fused-ring (bicyclic) bond motifs is 1. The summed E-state index contributed by atoms with van der Waals surface area (Å²) in [6.45, 7) is 1.15. The van der Waals surface area contributed by atoms with Crippen LogP contribution in [0, 0.1) is 5.92 Å². The summed E-state index contributed by atoms with van der Waals surface area (Å²) in [6, 6.07) is 0. The van der Waals surface area contributed by atoms with E-state index in [0.717, 1.165) is 25.2 Å². The van der Waals surface area contributed by atoms with E-state index in [0.29, 0.717) is 5.92 Å². The molecule has 0 aromatic carbocycles. The lowest BCUT2D eigenvalue weighted by Crippen LogP contribution is -2.22. The molecule has 0 fully saturated rings. The lowest BCUT2D eigenvalue weighted by molar-refractivity contribution is 0.190. The molecule has 0 saturated heterocycles. The van der Waals surface area contributed by atoms with Crippen LogP contribution >= 0.6 is 0 Å². The summed E-state index contributed by atoms with van der Waals surface area (Å²) in [4.78, 5) is 0. The topological polar surface area (TPSA) is 50.9 Å². The van der Waals surface area contributed by atoms with E-state index in [-0.39, 0.29) is 6.61 Å². The van der Waals surface area contributed by atoms with Crippen LogP contribution in [0.4, 0.5) is 0 Å². The molecular formula is C7H11N3O. The maximum atomic E-state index is 8.90. The Morgan fingerprint density at radius 2 is 2.64 bits per heavy atom. The van der Waals surface area contributed by atoms with Gasteiger partial charge in [0.15, 0.2) is 0 Å². The van der Waals surface area contributed by atoms with Crippen molar-refractivity contribution in [2.75, 3.05) is 6.61 Å². The van der Waals surface area contributed by atoms with Gasteiger partial charge in [0.25, 0.3) is 0 Å². The number of hydrogen-bond donors (Lipinski definition) is 1. The first-order valence-electron chi connectivity index (χ1n) is 3.87. The third kappa shape index (κ3) is 1.14. The van der Waals surface area contributed by atoms with Crippen molar-refractivity contribution in [3.63, 3.8) is 0 Å². The maximum absolute atomic E-state index is 8.90. The van der Waals surface area contributed by atoms with Gasteiger partial charge in [0.05, 0.1) is 0 Å². The third-order valence-corrected chi connectivity index (χ3v) is 2.19. The number of hydrogen-bond acceptors (Lipinski definition) is 3. The van der Waals surface area contributed by atoms with Crippen LogP contribution in [-0.4, -0.2) is 26.5 Å². The van der Waals surface area contributed by atoms with Gasteiger partial charge in [-0.1, -0.05) is 0 Å². The molecule has 0 radical (unpaired) electrons. The molecule has 2 heterocycles. The van der Waals surface area contributed by atoms with Crippen molar-refractivity contribution in [2.24, 2.45) is 5.92 Å². The zero-order chi connectivity index (χ0) is 7.68. The largest absolute Gasteiger partial charge is 0.396 e.